The molecule has 0 amide bonds. The zero-order valence-corrected chi connectivity index (χ0v) is 10.9. The Hall–Kier alpha value is -2.36. The van der Waals surface area contributed by atoms with Crippen LogP contribution in [0.4, 0.5) is 0 Å². The van der Waals surface area contributed by atoms with Gasteiger partial charge in [0.05, 0.1) is 13.7 Å². The van der Waals surface area contributed by atoms with Gasteiger partial charge in [0.2, 0.25) is 0 Å². The number of hydrogen-bond acceptors (Lipinski definition) is 4. The number of aromatic nitrogens is 1. The van der Waals surface area contributed by atoms with E-state index >= 15 is 0 Å². The van der Waals surface area contributed by atoms with Gasteiger partial charge in [-0.3, -0.25) is 4.98 Å². The summed E-state index contributed by atoms with van der Waals surface area (Å²) in [5.74, 6) is 0.133. The van der Waals surface area contributed by atoms with Crippen molar-refractivity contribution in [2.75, 3.05) is 13.7 Å². The van der Waals surface area contributed by atoms with Crippen molar-refractivity contribution in [3.8, 4) is 16.9 Å². The van der Waals surface area contributed by atoms with E-state index in [9.17, 15) is 4.79 Å². The molecule has 0 radical (unpaired) electrons. The quantitative estimate of drug-likeness (QED) is 0.790. The topological polar surface area (TPSA) is 48.4 Å². The van der Waals surface area contributed by atoms with Gasteiger partial charge in [0, 0.05) is 12.4 Å². The highest BCUT2D eigenvalue weighted by atomic mass is 16.5. The molecule has 1 heterocycles. The molecule has 0 spiro atoms. The third-order valence-corrected chi connectivity index (χ3v) is 2.71. The summed E-state index contributed by atoms with van der Waals surface area (Å²) in [7, 11) is 1.54. The number of benzene rings is 1. The van der Waals surface area contributed by atoms with Crippen molar-refractivity contribution in [1.82, 2.24) is 4.98 Å². The number of carbonyl (C=O) groups excluding carboxylic acids is 1. The van der Waals surface area contributed by atoms with E-state index in [0.29, 0.717) is 17.9 Å². The Morgan fingerprint density at radius 1 is 1.16 bits per heavy atom. The summed E-state index contributed by atoms with van der Waals surface area (Å²) in [5.41, 5.74) is 2.41. The van der Waals surface area contributed by atoms with Gasteiger partial charge in [0.1, 0.15) is 11.3 Å². The first-order chi connectivity index (χ1) is 9.26. The summed E-state index contributed by atoms with van der Waals surface area (Å²) in [5, 5.41) is 0. The zero-order chi connectivity index (χ0) is 13.7. The molecule has 0 bridgehead atoms. The summed E-state index contributed by atoms with van der Waals surface area (Å²) in [4.78, 5) is 15.7. The third-order valence-electron chi connectivity index (χ3n) is 2.71. The van der Waals surface area contributed by atoms with Crippen molar-refractivity contribution >= 4 is 5.97 Å². The van der Waals surface area contributed by atoms with Crippen LogP contribution in [0.5, 0.6) is 5.75 Å². The molecule has 0 atom stereocenters. The minimum Gasteiger partial charge on any atom is -0.496 e. The van der Waals surface area contributed by atoms with Crippen LogP contribution in [0.15, 0.2) is 42.7 Å². The lowest BCUT2D eigenvalue weighted by molar-refractivity contribution is 0.0523. The van der Waals surface area contributed by atoms with Gasteiger partial charge in [0.15, 0.2) is 0 Å². The van der Waals surface area contributed by atoms with Gasteiger partial charge in [-0.05, 0) is 42.3 Å². The first-order valence-corrected chi connectivity index (χ1v) is 6.01. The fourth-order valence-corrected chi connectivity index (χ4v) is 1.79. The third kappa shape index (κ3) is 2.91. The fraction of sp³-hybridized carbons (Fsp3) is 0.200. The van der Waals surface area contributed by atoms with Gasteiger partial charge < -0.3 is 9.47 Å². The molecule has 1 aromatic heterocycles. The van der Waals surface area contributed by atoms with E-state index in [1.165, 1.54) is 7.11 Å². The van der Waals surface area contributed by atoms with Crippen molar-refractivity contribution in [2.45, 2.75) is 6.92 Å². The lowest BCUT2D eigenvalue weighted by Crippen LogP contribution is -2.06. The molecular formula is C15H15NO3. The summed E-state index contributed by atoms with van der Waals surface area (Å²) < 4.78 is 10.2. The number of ether oxygens (including phenoxy) is 2. The lowest BCUT2D eigenvalue weighted by Gasteiger charge is -2.10. The highest BCUT2D eigenvalue weighted by Gasteiger charge is 2.14. The van der Waals surface area contributed by atoms with E-state index in [1.54, 1.807) is 25.4 Å². The lowest BCUT2D eigenvalue weighted by atomic mass is 10.0. The van der Waals surface area contributed by atoms with Crippen LogP contribution in [0.3, 0.4) is 0 Å². The maximum Gasteiger partial charge on any atom is 0.341 e. The highest BCUT2D eigenvalue weighted by molar-refractivity contribution is 5.93. The van der Waals surface area contributed by atoms with Crippen molar-refractivity contribution in [3.63, 3.8) is 0 Å². The molecule has 1 aromatic carbocycles. The van der Waals surface area contributed by atoms with Crippen molar-refractivity contribution in [3.05, 3.63) is 48.3 Å². The number of carbonyl (C=O) groups is 1. The monoisotopic (exact) mass is 257 g/mol. The SMILES string of the molecule is CCOC(=O)c1ccc(-c2ccncc2)cc1OC. The van der Waals surface area contributed by atoms with Gasteiger partial charge in [-0.2, -0.15) is 0 Å². The maximum absolute atomic E-state index is 11.8. The Morgan fingerprint density at radius 3 is 2.53 bits per heavy atom. The highest BCUT2D eigenvalue weighted by Crippen LogP contribution is 2.27. The fourth-order valence-electron chi connectivity index (χ4n) is 1.79. The average Bonchev–Trinajstić information content (AvgIpc) is 2.47. The normalized spacial score (nSPS) is 10.0. The van der Waals surface area contributed by atoms with Gasteiger partial charge >= 0.3 is 5.97 Å². The Bertz CT molecular complexity index is 567. The van der Waals surface area contributed by atoms with Crippen LogP contribution < -0.4 is 4.74 Å². The largest absolute Gasteiger partial charge is 0.496 e. The second-order valence-electron chi connectivity index (χ2n) is 3.87. The van der Waals surface area contributed by atoms with Crippen LogP contribution in [-0.2, 0) is 4.74 Å². The molecule has 0 saturated carbocycles. The van der Waals surface area contributed by atoms with E-state index in [0.717, 1.165) is 11.1 Å². The zero-order valence-electron chi connectivity index (χ0n) is 10.9. The van der Waals surface area contributed by atoms with Gasteiger partial charge in [0.25, 0.3) is 0 Å². The number of methoxy groups -OCH3 is 1. The Kier molecular flexibility index (Phi) is 4.13. The number of hydrogen-bond donors (Lipinski definition) is 0. The van der Waals surface area contributed by atoms with Gasteiger partial charge in [-0.15, -0.1) is 0 Å². The van der Waals surface area contributed by atoms with Crippen LogP contribution in [-0.4, -0.2) is 24.7 Å². The Morgan fingerprint density at radius 2 is 1.89 bits per heavy atom. The predicted octanol–water partition coefficient (Wildman–Crippen LogP) is 2.93. The van der Waals surface area contributed by atoms with Gasteiger partial charge in [-0.25, -0.2) is 4.79 Å². The first kappa shape index (κ1) is 13.1. The van der Waals surface area contributed by atoms with Crippen LogP contribution in [0, 0.1) is 0 Å². The van der Waals surface area contributed by atoms with Crippen molar-refractivity contribution in [1.29, 1.82) is 0 Å². The molecule has 4 heteroatoms. The second kappa shape index (κ2) is 6.00. The van der Waals surface area contributed by atoms with Crippen LogP contribution in [0.25, 0.3) is 11.1 Å². The molecule has 0 fully saturated rings. The number of esters is 1. The van der Waals surface area contributed by atoms with Gasteiger partial charge in [-0.1, -0.05) is 6.07 Å². The smallest absolute Gasteiger partial charge is 0.341 e. The molecule has 0 saturated heterocycles. The molecule has 2 rings (SSSR count). The van der Waals surface area contributed by atoms with Crippen molar-refractivity contribution < 1.29 is 14.3 Å². The molecule has 0 aliphatic carbocycles. The van der Waals surface area contributed by atoms with E-state index in [1.807, 2.05) is 24.3 Å². The molecule has 0 aliphatic rings. The predicted molar refractivity (Wildman–Crippen MR) is 72.2 cm³/mol. The number of rotatable bonds is 4. The van der Waals surface area contributed by atoms with E-state index in [4.69, 9.17) is 9.47 Å². The second-order valence-corrected chi connectivity index (χ2v) is 3.87. The Balaban J connectivity index is 2.39. The van der Waals surface area contributed by atoms with E-state index in [-0.39, 0.29) is 5.97 Å². The standard InChI is InChI=1S/C15H15NO3/c1-3-19-15(17)13-5-4-12(10-14(13)18-2)11-6-8-16-9-7-11/h4-10H,3H2,1-2H3. The molecule has 98 valence electrons. The number of nitrogens with zero attached hydrogens (tertiary/aromatic N) is 1. The molecular weight excluding hydrogens is 242 g/mol. The van der Waals surface area contributed by atoms with E-state index in [2.05, 4.69) is 4.98 Å². The van der Waals surface area contributed by atoms with Crippen molar-refractivity contribution in [2.24, 2.45) is 0 Å². The molecule has 2 aromatic rings. The van der Waals surface area contributed by atoms with E-state index < -0.39 is 0 Å². The molecule has 4 nitrogen and oxygen atoms in total. The summed E-state index contributed by atoms with van der Waals surface area (Å²) >= 11 is 0. The Labute approximate surface area is 112 Å². The first-order valence-electron chi connectivity index (χ1n) is 6.01. The molecule has 0 N–H and O–H groups in total. The number of pyridine rings is 1. The minimum absolute atomic E-state index is 0.341. The molecule has 0 aliphatic heterocycles. The van der Waals surface area contributed by atoms with Crippen LogP contribution >= 0.6 is 0 Å². The van der Waals surface area contributed by atoms with Crippen LogP contribution in [0.1, 0.15) is 17.3 Å². The average molecular weight is 257 g/mol. The van der Waals surface area contributed by atoms with Crippen LogP contribution in [0.2, 0.25) is 0 Å². The summed E-state index contributed by atoms with van der Waals surface area (Å²) in [6.07, 6.45) is 3.45. The summed E-state index contributed by atoms with van der Waals surface area (Å²) in [6.45, 7) is 2.11. The summed E-state index contributed by atoms with van der Waals surface area (Å²) in [6, 6.07) is 9.20. The molecule has 19 heavy (non-hydrogen) atoms. The maximum atomic E-state index is 11.8. The minimum atomic E-state index is -0.374. The molecule has 0 unspecified atom stereocenters.